The summed E-state index contributed by atoms with van der Waals surface area (Å²) in [4.78, 5) is 5.34. The lowest BCUT2D eigenvalue weighted by atomic mass is 10.1. The highest BCUT2D eigenvalue weighted by atomic mass is 32.2. The van der Waals surface area contributed by atoms with Crippen molar-refractivity contribution in [3.05, 3.63) is 46.3 Å². The van der Waals surface area contributed by atoms with E-state index in [4.69, 9.17) is 9.88 Å². The Morgan fingerprint density at radius 2 is 2.04 bits per heavy atom. The van der Waals surface area contributed by atoms with Crippen molar-refractivity contribution in [2.75, 3.05) is 20.2 Å². The molecule has 0 atom stereocenters. The van der Waals surface area contributed by atoms with Gasteiger partial charge in [0.25, 0.3) is 0 Å². The number of aryl methyl sites for hydroxylation is 1. The van der Waals surface area contributed by atoms with Crippen molar-refractivity contribution < 1.29 is 13.2 Å². The Labute approximate surface area is 164 Å². The largest absolute Gasteiger partial charge is 0.496 e. The fourth-order valence-corrected chi connectivity index (χ4v) is 4.14. The third-order valence-corrected chi connectivity index (χ3v) is 6.34. The van der Waals surface area contributed by atoms with Gasteiger partial charge in [-0.05, 0) is 49.6 Å². The molecule has 4 N–H and O–H groups in total. The Morgan fingerprint density at radius 3 is 2.67 bits per heavy atom. The van der Waals surface area contributed by atoms with Crippen LogP contribution in [0.3, 0.4) is 0 Å². The van der Waals surface area contributed by atoms with Gasteiger partial charge in [0.2, 0.25) is 10.0 Å². The van der Waals surface area contributed by atoms with Crippen LogP contribution in [0.5, 0.6) is 5.75 Å². The number of hydrogen-bond acceptors (Lipinski definition) is 5. The van der Waals surface area contributed by atoms with Gasteiger partial charge in [0.05, 0.1) is 13.7 Å². The van der Waals surface area contributed by atoms with Crippen LogP contribution < -0.4 is 20.5 Å². The van der Waals surface area contributed by atoms with Gasteiger partial charge in [-0.1, -0.05) is 12.1 Å². The molecule has 0 saturated heterocycles. The van der Waals surface area contributed by atoms with E-state index in [1.807, 2.05) is 26.0 Å². The third kappa shape index (κ3) is 6.53. The number of ether oxygens (including phenoxy) is 1. The SMILES string of the molecule is CCNC(=NCc1ccc(S(N)(=O)=O)s1)NCCc1ccc(C)c(OC)c1. The van der Waals surface area contributed by atoms with E-state index in [2.05, 4.69) is 21.7 Å². The number of nitrogens with one attached hydrogen (secondary N) is 2. The molecule has 0 bridgehead atoms. The van der Waals surface area contributed by atoms with E-state index in [1.165, 1.54) is 11.6 Å². The molecule has 27 heavy (non-hydrogen) atoms. The zero-order valence-electron chi connectivity index (χ0n) is 15.8. The number of rotatable bonds is 8. The van der Waals surface area contributed by atoms with Gasteiger partial charge >= 0.3 is 0 Å². The highest BCUT2D eigenvalue weighted by molar-refractivity contribution is 7.91. The molecule has 0 saturated carbocycles. The lowest BCUT2D eigenvalue weighted by molar-refractivity contribution is 0.411. The average Bonchev–Trinajstić information content (AvgIpc) is 3.10. The van der Waals surface area contributed by atoms with Gasteiger partial charge in [0.15, 0.2) is 5.96 Å². The monoisotopic (exact) mass is 410 g/mol. The number of aliphatic imine (C=N–C) groups is 1. The minimum Gasteiger partial charge on any atom is -0.496 e. The predicted octanol–water partition coefficient (Wildman–Crippen LogP) is 2.01. The predicted molar refractivity (Wildman–Crippen MR) is 110 cm³/mol. The third-order valence-electron chi connectivity index (χ3n) is 3.83. The summed E-state index contributed by atoms with van der Waals surface area (Å²) >= 11 is 1.14. The first kappa shape index (κ1) is 21.2. The molecule has 7 nitrogen and oxygen atoms in total. The van der Waals surface area contributed by atoms with Crippen LogP contribution in [-0.4, -0.2) is 34.6 Å². The Kier molecular flexibility index (Phi) is 7.64. The number of nitrogens with zero attached hydrogens (tertiary/aromatic N) is 1. The second-order valence-electron chi connectivity index (χ2n) is 5.94. The zero-order chi connectivity index (χ0) is 19.9. The summed E-state index contributed by atoms with van der Waals surface area (Å²) < 4.78 is 28.2. The molecule has 148 valence electrons. The molecule has 1 aromatic heterocycles. The minimum absolute atomic E-state index is 0.152. The number of hydrogen-bond donors (Lipinski definition) is 3. The summed E-state index contributed by atoms with van der Waals surface area (Å²) in [6.07, 6.45) is 0.829. The quantitative estimate of drug-likeness (QED) is 0.456. The van der Waals surface area contributed by atoms with Gasteiger partial charge in [0, 0.05) is 18.0 Å². The Balaban J connectivity index is 1.94. The van der Waals surface area contributed by atoms with Gasteiger partial charge in [-0.25, -0.2) is 18.5 Å². The van der Waals surface area contributed by atoms with E-state index in [0.717, 1.165) is 40.5 Å². The topological polar surface area (TPSA) is 106 Å². The van der Waals surface area contributed by atoms with Gasteiger partial charge in [0.1, 0.15) is 9.96 Å². The van der Waals surface area contributed by atoms with Crippen LogP contribution in [0.2, 0.25) is 0 Å². The highest BCUT2D eigenvalue weighted by Crippen LogP contribution is 2.21. The van der Waals surface area contributed by atoms with Crippen LogP contribution in [0.1, 0.15) is 22.9 Å². The molecule has 0 fully saturated rings. The van der Waals surface area contributed by atoms with Crippen LogP contribution in [0.25, 0.3) is 0 Å². The van der Waals surface area contributed by atoms with Crippen LogP contribution in [-0.2, 0) is 23.0 Å². The number of sulfonamides is 1. The van der Waals surface area contributed by atoms with Crippen molar-refractivity contribution in [3.63, 3.8) is 0 Å². The molecule has 0 unspecified atom stereocenters. The van der Waals surface area contributed by atoms with Crippen molar-refractivity contribution in [1.29, 1.82) is 0 Å². The molecule has 2 aromatic rings. The zero-order valence-corrected chi connectivity index (χ0v) is 17.4. The molecule has 0 radical (unpaired) electrons. The lowest BCUT2D eigenvalue weighted by Crippen LogP contribution is -2.38. The molecule has 0 aliphatic rings. The van der Waals surface area contributed by atoms with E-state index in [9.17, 15) is 8.42 Å². The van der Waals surface area contributed by atoms with Gasteiger partial charge in [-0.3, -0.25) is 0 Å². The van der Waals surface area contributed by atoms with Crippen molar-refractivity contribution in [1.82, 2.24) is 10.6 Å². The number of primary sulfonamides is 1. The molecule has 0 aliphatic heterocycles. The van der Waals surface area contributed by atoms with Crippen molar-refractivity contribution in [2.45, 2.75) is 31.0 Å². The van der Waals surface area contributed by atoms with Crippen LogP contribution in [0, 0.1) is 6.92 Å². The van der Waals surface area contributed by atoms with Crippen molar-refractivity contribution in [3.8, 4) is 5.75 Å². The molecule has 0 amide bonds. The first-order valence-corrected chi connectivity index (χ1v) is 11.0. The van der Waals surface area contributed by atoms with Crippen LogP contribution >= 0.6 is 11.3 Å². The summed E-state index contributed by atoms with van der Waals surface area (Å²) in [5.74, 6) is 1.57. The van der Waals surface area contributed by atoms with E-state index >= 15 is 0 Å². The normalized spacial score (nSPS) is 12.1. The molecular weight excluding hydrogens is 384 g/mol. The standard InChI is InChI=1S/C18H26N4O3S2/c1-4-20-18(22-12-15-7-8-17(26-15)27(19,23)24)21-10-9-14-6-5-13(2)16(11-14)25-3/h5-8,11H,4,9-10,12H2,1-3H3,(H2,19,23,24)(H2,20,21,22). The Bertz CT molecular complexity index is 892. The molecular formula is C18H26N4O3S2. The first-order valence-electron chi connectivity index (χ1n) is 8.60. The van der Waals surface area contributed by atoms with Crippen LogP contribution in [0.15, 0.2) is 39.5 Å². The summed E-state index contributed by atoms with van der Waals surface area (Å²) in [7, 11) is -1.98. The maximum atomic E-state index is 11.3. The molecule has 1 aromatic carbocycles. The summed E-state index contributed by atoms with van der Waals surface area (Å²) in [6, 6.07) is 9.42. The first-order chi connectivity index (χ1) is 12.8. The number of methoxy groups -OCH3 is 1. The van der Waals surface area contributed by atoms with E-state index in [-0.39, 0.29) is 4.21 Å². The second-order valence-corrected chi connectivity index (χ2v) is 8.90. The number of benzene rings is 1. The van der Waals surface area contributed by atoms with Crippen LogP contribution in [0.4, 0.5) is 0 Å². The maximum absolute atomic E-state index is 11.3. The number of nitrogens with two attached hydrogens (primary N) is 1. The Hall–Kier alpha value is -2.10. The smallest absolute Gasteiger partial charge is 0.247 e. The highest BCUT2D eigenvalue weighted by Gasteiger charge is 2.11. The molecule has 0 spiro atoms. The molecule has 9 heteroatoms. The number of thiophene rings is 1. The molecule has 1 heterocycles. The average molecular weight is 411 g/mol. The van der Waals surface area contributed by atoms with E-state index in [1.54, 1.807) is 13.2 Å². The fraction of sp³-hybridized carbons (Fsp3) is 0.389. The fourth-order valence-electron chi connectivity index (χ4n) is 2.44. The van der Waals surface area contributed by atoms with E-state index < -0.39 is 10.0 Å². The minimum atomic E-state index is -3.66. The summed E-state index contributed by atoms with van der Waals surface area (Å²) in [5.41, 5.74) is 2.29. The van der Waals surface area contributed by atoms with Crippen molar-refractivity contribution >= 4 is 27.3 Å². The van der Waals surface area contributed by atoms with Gasteiger partial charge in [-0.15, -0.1) is 11.3 Å². The summed E-state index contributed by atoms with van der Waals surface area (Å²) in [5, 5.41) is 11.6. The molecule has 2 rings (SSSR count). The summed E-state index contributed by atoms with van der Waals surface area (Å²) in [6.45, 7) is 5.84. The van der Waals surface area contributed by atoms with E-state index in [0.29, 0.717) is 19.0 Å². The molecule has 0 aliphatic carbocycles. The number of guanidine groups is 1. The van der Waals surface area contributed by atoms with Crippen molar-refractivity contribution in [2.24, 2.45) is 10.1 Å². The van der Waals surface area contributed by atoms with Gasteiger partial charge < -0.3 is 15.4 Å². The Morgan fingerprint density at radius 1 is 1.26 bits per heavy atom. The second kappa shape index (κ2) is 9.72. The maximum Gasteiger partial charge on any atom is 0.247 e. The lowest BCUT2D eigenvalue weighted by Gasteiger charge is -2.12. The van der Waals surface area contributed by atoms with Gasteiger partial charge in [-0.2, -0.15) is 0 Å².